The van der Waals surface area contributed by atoms with Crippen molar-refractivity contribution in [3.05, 3.63) is 34.4 Å². The van der Waals surface area contributed by atoms with Gasteiger partial charge in [0.1, 0.15) is 6.10 Å². The molecule has 10 heteroatoms. The summed E-state index contributed by atoms with van der Waals surface area (Å²) in [5.41, 5.74) is 4.58. The lowest BCUT2D eigenvalue weighted by Crippen LogP contribution is -2.50. The molecule has 1 fully saturated rings. The summed E-state index contributed by atoms with van der Waals surface area (Å²) in [5.74, 6) is -0.780. The van der Waals surface area contributed by atoms with Crippen LogP contribution >= 0.6 is 0 Å². The van der Waals surface area contributed by atoms with E-state index in [0.717, 1.165) is 16.4 Å². The Hall–Kier alpha value is -2.04. The standard InChI is InChI=1S/C11H13N3O6S/c12-11(15)9-7-13(5-6-20-9)21(18,19)10-4-2-1-3-8(10)14(16)17/h1-4,9H,5-7H2,(H2,12,15). The van der Waals surface area contributed by atoms with E-state index < -0.39 is 37.5 Å². The molecular weight excluding hydrogens is 302 g/mol. The molecule has 114 valence electrons. The van der Waals surface area contributed by atoms with Crippen molar-refractivity contribution < 1.29 is 22.9 Å². The fourth-order valence-electron chi connectivity index (χ4n) is 1.98. The Morgan fingerprint density at radius 3 is 2.71 bits per heavy atom. The van der Waals surface area contributed by atoms with Crippen molar-refractivity contribution in [2.75, 3.05) is 19.7 Å². The third-order valence-corrected chi connectivity index (χ3v) is 4.94. The minimum absolute atomic E-state index is 0.00182. The topological polar surface area (TPSA) is 133 Å². The summed E-state index contributed by atoms with van der Waals surface area (Å²) >= 11 is 0. The number of hydrogen-bond acceptors (Lipinski definition) is 6. The molecule has 0 radical (unpaired) electrons. The number of hydrogen-bond donors (Lipinski definition) is 1. The van der Waals surface area contributed by atoms with Crippen LogP contribution in [0.15, 0.2) is 29.2 Å². The summed E-state index contributed by atoms with van der Waals surface area (Å²) in [7, 11) is -4.10. The van der Waals surface area contributed by atoms with Gasteiger partial charge in [0.2, 0.25) is 15.9 Å². The summed E-state index contributed by atoms with van der Waals surface area (Å²) in [6, 6.07) is 5.04. The van der Waals surface area contributed by atoms with Gasteiger partial charge in [-0.05, 0) is 6.07 Å². The highest BCUT2D eigenvalue weighted by Crippen LogP contribution is 2.27. The van der Waals surface area contributed by atoms with Crippen LogP contribution in [0.2, 0.25) is 0 Å². The van der Waals surface area contributed by atoms with Crippen LogP contribution in [0.25, 0.3) is 0 Å². The number of carbonyl (C=O) groups excluding carboxylic acids is 1. The quantitative estimate of drug-likeness (QED) is 0.586. The second-order valence-electron chi connectivity index (χ2n) is 4.35. The average molecular weight is 315 g/mol. The number of nitro benzene ring substituents is 1. The van der Waals surface area contributed by atoms with Gasteiger partial charge in [-0.2, -0.15) is 4.31 Å². The molecule has 0 aliphatic carbocycles. The van der Waals surface area contributed by atoms with Crippen LogP contribution in [0, 0.1) is 10.1 Å². The number of nitro groups is 1. The Labute approximate surface area is 120 Å². The Morgan fingerprint density at radius 1 is 1.43 bits per heavy atom. The number of rotatable bonds is 4. The predicted octanol–water partition coefficient (Wildman–Crippen LogP) is -0.530. The number of para-hydroxylation sites is 1. The van der Waals surface area contributed by atoms with Gasteiger partial charge in [-0.15, -0.1) is 0 Å². The summed E-state index contributed by atoms with van der Waals surface area (Å²) in [6.07, 6.45) is -1.06. The first-order valence-electron chi connectivity index (χ1n) is 5.98. The molecular formula is C11H13N3O6S. The number of ether oxygens (including phenoxy) is 1. The van der Waals surface area contributed by atoms with Crippen LogP contribution in [0.5, 0.6) is 0 Å². The average Bonchev–Trinajstić information content (AvgIpc) is 2.47. The molecule has 2 N–H and O–H groups in total. The van der Waals surface area contributed by atoms with Crippen LogP contribution < -0.4 is 5.73 Å². The van der Waals surface area contributed by atoms with Crippen LogP contribution in [-0.4, -0.2) is 49.4 Å². The highest BCUT2D eigenvalue weighted by atomic mass is 32.2. The fourth-order valence-corrected chi connectivity index (χ4v) is 3.56. The molecule has 1 aliphatic heterocycles. The zero-order valence-electron chi connectivity index (χ0n) is 10.8. The van der Waals surface area contributed by atoms with Gasteiger partial charge in [0, 0.05) is 19.2 Å². The maximum Gasteiger partial charge on any atom is 0.289 e. The maximum atomic E-state index is 12.5. The lowest BCUT2D eigenvalue weighted by atomic mass is 10.3. The van der Waals surface area contributed by atoms with Crippen molar-refractivity contribution in [1.82, 2.24) is 4.31 Å². The summed E-state index contributed by atoms with van der Waals surface area (Å²) < 4.78 is 31.0. The second-order valence-corrected chi connectivity index (χ2v) is 6.26. The first-order valence-corrected chi connectivity index (χ1v) is 7.42. The van der Waals surface area contributed by atoms with Crippen LogP contribution in [0.4, 0.5) is 5.69 Å². The molecule has 1 saturated heterocycles. The number of nitrogens with two attached hydrogens (primary N) is 1. The fraction of sp³-hybridized carbons (Fsp3) is 0.364. The first kappa shape index (κ1) is 15.4. The van der Waals surface area contributed by atoms with Crippen LogP contribution in [0.1, 0.15) is 0 Å². The van der Waals surface area contributed by atoms with E-state index in [0.29, 0.717) is 0 Å². The Balaban J connectivity index is 2.38. The highest BCUT2D eigenvalue weighted by Gasteiger charge is 2.36. The second kappa shape index (κ2) is 5.76. The van der Waals surface area contributed by atoms with Gasteiger partial charge in [0.05, 0.1) is 11.5 Å². The zero-order valence-corrected chi connectivity index (χ0v) is 11.7. The number of morpholine rings is 1. The van der Waals surface area contributed by atoms with E-state index in [1.54, 1.807) is 0 Å². The third kappa shape index (κ3) is 3.01. The van der Waals surface area contributed by atoms with Crippen molar-refractivity contribution in [2.24, 2.45) is 5.73 Å². The Morgan fingerprint density at radius 2 is 2.10 bits per heavy atom. The van der Waals surface area contributed by atoms with Crippen LogP contribution in [-0.2, 0) is 19.6 Å². The molecule has 0 aromatic heterocycles. The van der Waals surface area contributed by atoms with Crippen molar-refractivity contribution >= 4 is 21.6 Å². The molecule has 1 aromatic rings. The lowest BCUT2D eigenvalue weighted by molar-refractivity contribution is -0.387. The van der Waals surface area contributed by atoms with Gasteiger partial charge in [0.25, 0.3) is 5.69 Å². The third-order valence-electron chi connectivity index (χ3n) is 3.03. The van der Waals surface area contributed by atoms with E-state index in [2.05, 4.69) is 0 Å². The molecule has 0 bridgehead atoms. The van der Waals surface area contributed by atoms with E-state index >= 15 is 0 Å². The number of amides is 1. The number of nitrogens with zero attached hydrogens (tertiary/aromatic N) is 2. The van der Waals surface area contributed by atoms with Gasteiger partial charge < -0.3 is 10.5 Å². The largest absolute Gasteiger partial charge is 0.367 e. The molecule has 1 unspecified atom stereocenters. The molecule has 1 atom stereocenters. The Bertz CT molecular complexity index is 674. The molecule has 0 spiro atoms. The van der Waals surface area contributed by atoms with Gasteiger partial charge in [0.15, 0.2) is 4.90 Å². The van der Waals surface area contributed by atoms with E-state index in [1.165, 1.54) is 12.1 Å². The number of primary amides is 1. The van der Waals surface area contributed by atoms with Crippen molar-refractivity contribution in [3.8, 4) is 0 Å². The normalized spacial score (nSPS) is 20.1. The van der Waals surface area contributed by atoms with E-state index in [-0.39, 0.29) is 19.7 Å². The summed E-state index contributed by atoms with van der Waals surface area (Å²) in [5, 5.41) is 10.9. The summed E-state index contributed by atoms with van der Waals surface area (Å²) in [4.78, 5) is 20.9. The SMILES string of the molecule is NC(=O)C1CN(S(=O)(=O)c2ccccc2[N+](=O)[O-])CCO1. The first-order chi connectivity index (χ1) is 9.84. The van der Waals surface area contributed by atoms with Crippen molar-refractivity contribution in [2.45, 2.75) is 11.0 Å². The molecule has 1 heterocycles. The van der Waals surface area contributed by atoms with Crippen molar-refractivity contribution in [3.63, 3.8) is 0 Å². The molecule has 2 rings (SSSR count). The molecule has 1 aromatic carbocycles. The van der Waals surface area contributed by atoms with Gasteiger partial charge in [-0.1, -0.05) is 12.1 Å². The molecule has 0 saturated carbocycles. The van der Waals surface area contributed by atoms with Gasteiger partial charge in [-0.25, -0.2) is 8.42 Å². The van der Waals surface area contributed by atoms with Gasteiger partial charge >= 0.3 is 0 Å². The summed E-state index contributed by atoms with van der Waals surface area (Å²) in [6.45, 7) is -0.269. The number of carbonyl (C=O) groups is 1. The minimum atomic E-state index is -4.10. The smallest absolute Gasteiger partial charge is 0.289 e. The maximum absolute atomic E-state index is 12.5. The molecule has 21 heavy (non-hydrogen) atoms. The monoisotopic (exact) mass is 315 g/mol. The van der Waals surface area contributed by atoms with Gasteiger partial charge in [-0.3, -0.25) is 14.9 Å². The number of benzene rings is 1. The van der Waals surface area contributed by atoms with Crippen molar-refractivity contribution in [1.29, 1.82) is 0 Å². The Kier molecular flexibility index (Phi) is 4.21. The molecule has 9 nitrogen and oxygen atoms in total. The van der Waals surface area contributed by atoms with Crippen LogP contribution in [0.3, 0.4) is 0 Å². The highest BCUT2D eigenvalue weighted by molar-refractivity contribution is 7.89. The lowest BCUT2D eigenvalue weighted by Gasteiger charge is -2.30. The predicted molar refractivity (Wildman–Crippen MR) is 70.8 cm³/mol. The van der Waals surface area contributed by atoms with E-state index in [4.69, 9.17) is 10.5 Å². The number of sulfonamides is 1. The van der Waals surface area contributed by atoms with E-state index in [9.17, 15) is 23.3 Å². The van der Waals surface area contributed by atoms with E-state index in [1.807, 2.05) is 0 Å². The zero-order chi connectivity index (χ0) is 15.6. The minimum Gasteiger partial charge on any atom is -0.367 e. The molecule has 1 amide bonds. The molecule has 1 aliphatic rings.